The normalized spacial score (nSPS) is 19.6. The number of hydrogen-bond acceptors (Lipinski definition) is 4. The molecule has 31 heavy (non-hydrogen) atoms. The van der Waals surface area contributed by atoms with Crippen LogP contribution in [0.25, 0.3) is 0 Å². The van der Waals surface area contributed by atoms with E-state index in [0.29, 0.717) is 30.4 Å². The van der Waals surface area contributed by atoms with Gasteiger partial charge in [-0.15, -0.1) is 0 Å². The van der Waals surface area contributed by atoms with Crippen LogP contribution in [0.2, 0.25) is 0 Å². The molecule has 1 N–H and O–H groups in total. The summed E-state index contributed by atoms with van der Waals surface area (Å²) in [5.74, 6) is 0.356. The molecule has 1 heterocycles. The maximum atomic E-state index is 12.8. The first kappa shape index (κ1) is 24.2. The van der Waals surface area contributed by atoms with Gasteiger partial charge in [-0.1, -0.05) is 37.0 Å². The summed E-state index contributed by atoms with van der Waals surface area (Å²) in [7, 11) is -1.23. The van der Waals surface area contributed by atoms with E-state index in [1.807, 2.05) is 19.1 Å². The predicted molar refractivity (Wildman–Crippen MR) is 124 cm³/mol. The highest BCUT2D eigenvalue weighted by atomic mass is 32.2. The molecule has 7 heteroatoms. The van der Waals surface area contributed by atoms with Gasteiger partial charge in [-0.25, -0.2) is 8.42 Å². The molecule has 3 rings (SSSR count). The first-order valence-electron chi connectivity index (χ1n) is 11.9. The maximum absolute atomic E-state index is 12.8. The van der Waals surface area contributed by atoms with E-state index in [4.69, 9.17) is 0 Å². The van der Waals surface area contributed by atoms with Crippen molar-refractivity contribution in [2.75, 3.05) is 33.2 Å². The lowest BCUT2D eigenvalue weighted by molar-refractivity contribution is -0.122. The Hall–Kier alpha value is -1.44. The van der Waals surface area contributed by atoms with Gasteiger partial charge in [-0.3, -0.25) is 4.79 Å². The third-order valence-electron chi connectivity index (χ3n) is 6.91. The quantitative estimate of drug-likeness (QED) is 0.585. The van der Waals surface area contributed by atoms with Crippen LogP contribution in [0.3, 0.4) is 0 Å². The molecule has 6 nitrogen and oxygen atoms in total. The van der Waals surface area contributed by atoms with E-state index < -0.39 is 10.0 Å². The van der Waals surface area contributed by atoms with Crippen molar-refractivity contribution in [3.8, 4) is 0 Å². The van der Waals surface area contributed by atoms with E-state index in [9.17, 15) is 13.2 Å². The predicted octanol–water partition coefficient (Wildman–Crippen LogP) is 3.56. The zero-order chi connectivity index (χ0) is 22.3. The molecule has 1 aromatic carbocycles. The van der Waals surface area contributed by atoms with Crippen molar-refractivity contribution in [3.63, 3.8) is 0 Å². The lowest BCUT2D eigenvalue weighted by atomic mass is 9.94. The zero-order valence-electron chi connectivity index (χ0n) is 19.2. The summed E-state index contributed by atoms with van der Waals surface area (Å²) in [6.07, 6.45) is 9.63. The van der Waals surface area contributed by atoms with Gasteiger partial charge < -0.3 is 10.2 Å². The van der Waals surface area contributed by atoms with Crippen molar-refractivity contribution in [1.29, 1.82) is 0 Å². The third-order valence-corrected chi connectivity index (χ3v) is 8.83. The number of aryl methyl sites for hydroxylation is 1. The van der Waals surface area contributed by atoms with Crippen LogP contribution < -0.4 is 5.32 Å². The van der Waals surface area contributed by atoms with Crippen molar-refractivity contribution in [2.24, 2.45) is 5.92 Å². The Morgan fingerprint density at radius 2 is 1.71 bits per heavy atom. The number of hydrogen-bond donors (Lipinski definition) is 1. The van der Waals surface area contributed by atoms with E-state index in [2.05, 4.69) is 17.3 Å². The van der Waals surface area contributed by atoms with Crippen LogP contribution in [-0.4, -0.2) is 62.8 Å². The van der Waals surface area contributed by atoms with Crippen LogP contribution in [-0.2, 0) is 14.8 Å². The Morgan fingerprint density at radius 1 is 1.06 bits per heavy atom. The summed E-state index contributed by atoms with van der Waals surface area (Å²) >= 11 is 0. The van der Waals surface area contributed by atoms with Crippen LogP contribution in [0.4, 0.5) is 0 Å². The van der Waals surface area contributed by atoms with Gasteiger partial charge in [0.2, 0.25) is 15.9 Å². The molecule has 0 radical (unpaired) electrons. The lowest BCUT2D eigenvalue weighted by Gasteiger charge is -2.31. The molecule has 1 aromatic rings. The maximum Gasteiger partial charge on any atom is 0.243 e. The molecule has 0 bridgehead atoms. The van der Waals surface area contributed by atoms with E-state index in [-0.39, 0.29) is 11.8 Å². The molecule has 1 saturated heterocycles. The first-order valence-corrected chi connectivity index (χ1v) is 13.3. The summed E-state index contributed by atoms with van der Waals surface area (Å²) < 4.78 is 27.2. The SMILES string of the molecule is Cc1ccc(S(=O)(=O)N2CCC(CC(=O)NCCCN(C)C3CCCCC3)CC2)cc1. The van der Waals surface area contributed by atoms with Crippen LogP contribution in [0.5, 0.6) is 0 Å². The summed E-state index contributed by atoms with van der Waals surface area (Å²) in [4.78, 5) is 15.1. The number of nitrogens with one attached hydrogen (secondary N) is 1. The number of nitrogens with zero attached hydrogens (tertiary/aromatic N) is 2. The fraction of sp³-hybridized carbons (Fsp3) is 0.708. The lowest BCUT2D eigenvalue weighted by Crippen LogP contribution is -2.40. The third kappa shape index (κ3) is 7.02. The molecule has 1 aliphatic heterocycles. The molecular weight excluding hydrogens is 410 g/mol. The van der Waals surface area contributed by atoms with Gasteiger partial charge in [0.05, 0.1) is 4.90 Å². The number of carbonyl (C=O) groups excluding carboxylic acids is 1. The van der Waals surface area contributed by atoms with Crippen molar-refractivity contribution < 1.29 is 13.2 Å². The number of amides is 1. The van der Waals surface area contributed by atoms with E-state index >= 15 is 0 Å². The average molecular weight is 450 g/mol. The number of sulfonamides is 1. The van der Waals surface area contributed by atoms with Gasteiger partial charge in [0, 0.05) is 32.1 Å². The number of rotatable bonds is 9. The largest absolute Gasteiger partial charge is 0.356 e. The minimum atomic E-state index is -3.44. The van der Waals surface area contributed by atoms with Crippen LogP contribution >= 0.6 is 0 Å². The molecule has 2 aliphatic rings. The topological polar surface area (TPSA) is 69.7 Å². The van der Waals surface area contributed by atoms with Crippen molar-refractivity contribution in [2.45, 2.75) is 75.6 Å². The zero-order valence-corrected chi connectivity index (χ0v) is 20.0. The highest BCUT2D eigenvalue weighted by Gasteiger charge is 2.30. The van der Waals surface area contributed by atoms with E-state index in [1.165, 1.54) is 32.1 Å². The number of carbonyl (C=O) groups is 1. The molecule has 1 aliphatic carbocycles. The van der Waals surface area contributed by atoms with Crippen molar-refractivity contribution in [3.05, 3.63) is 29.8 Å². The van der Waals surface area contributed by atoms with E-state index in [0.717, 1.165) is 37.9 Å². The molecule has 1 amide bonds. The second kappa shape index (κ2) is 11.4. The molecule has 1 saturated carbocycles. The fourth-order valence-electron chi connectivity index (χ4n) is 4.81. The second-order valence-electron chi connectivity index (χ2n) is 9.34. The molecule has 174 valence electrons. The van der Waals surface area contributed by atoms with Gasteiger partial charge in [0.25, 0.3) is 0 Å². The number of piperidine rings is 1. The smallest absolute Gasteiger partial charge is 0.243 e. The Kier molecular flexibility index (Phi) is 8.93. The first-order chi connectivity index (χ1) is 14.9. The minimum Gasteiger partial charge on any atom is -0.356 e. The molecular formula is C24H39N3O3S. The fourth-order valence-corrected chi connectivity index (χ4v) is 6.28. The summed E-state index contributed by atoms with van der Waals surface area (Å²) in [5.41, 5.74) is 1.05. The number of benzene rings is 1. The van der Waals surface area contributed by atoms with Gasteiger partial charge in [0.15, 0.2) is 0 Å². The Bertz CT molecular complexity index is 796. The molecule has 2 fully saturated rings. The monoisotopic (exact) mass is 449 g/mol. The van der Waals surface area contributed by atoms with Gasteiger partial charge in [-0.05, 0) is 70.7 Å². The highest BCUT2D eigenvalue weighted by molar-refractivity contribution is 7.89. The molecule has 0 aromatic heterocycles. The molecule has 0 atom stereocenters. The minimum absolute atomic E-state index is 0.0974. The molecule has 0 spiro atoms. The highest BCUT2D eigenvalue weighted by Crippen LogP contribution is 2.26. The Morgan fingerprint density at radius 3 is 2.35 bits per heavy atom. The van der Waals surface area contributed by atoms with Gasteiger partial charge >= 0.3 is 0 Å². The Balaban J connectivity index is 1.33. The summed E-state index contributed by atoms with van der Waals surface area (Å²) in [6, 6.07) is 7.73. The standard InChI is InChI=1S/C24H39N3O3S/c1-20-9-11-23(12-10-20)31(29,30)27-17-13-21(14-18-27)19-24(28)25-15-6-16-26(2)22-7-4-3-5-8-22/h9-12,21-22H,3-8,13-19H2,1-2H3,(H,25,28). The van der Waals surface area contributed by atoms with Crippen LogP contribution in [0, 0.1) is 12.8 Å². The van der Waals surface area contributed by atoms with Gasteiger partial charge in [-0.2, -0.15) is 4.31 Å². The van der Waals surface area contributed by atoms with Crippen LogP contribution in [0.1, 0.15) is 63.4 Å². The molecule has 0 unspecified atom stereocenters. The van der Waals surface area contributed by atoms with Crippen molar-refractivity contribution in [1.82, 2.24) is 14.5 Å². The van der Waals surface area contributed by atoms with E-state index in [1.54, 1.807) is 16.4 Å². The summed E-state index contributed by atoms with van der Waals surface area (Å²) in [5, 5.41) is 3.06. The van der Waals surface area contributed by atoms with Gasteiger partial charge in [0.1, 0.15) is 0 Å². The van der Waals surface area contributed by atoms with Crippen molar-refractivity contribution >= 4 is 15.9 Å². The average Bonchev–Trinajstić information content (AvgIpc) is 2.78. The second-order valence-corrected chi connectivity index (χ2v) is 11.3. The van der Waals surface area contributed by atoms with Crippen LogP contribution in [0.15, 0.2) is 29.2 Å². The summed E-state index contributed by atoms with van der Waals surface area (Å²) in [6.45, 7) is 4.67. The Labute approximate surface area is 188 Å².